The Labute approximate surface area is 229 Å². The minimum Gasteiger partial charge on any atom is -0.466 e. The minimum atomic E-state index is -0.525. The maximum atomic E-state index is 12.5. The number of carbonyl (C=O) groups is 4. The van der Waals surface area contributed by atoms with E-state index in [2.05, 4.69) is 36.9 Å². The van der Waals surface area contributed by atoms with Crippen LogP contribution in [-0.4, -0.2) is 30.3 Å². The summed E-state index contributed by atoms with van der Waals surface area (Å²) < 4.78 is 5.16. The number of carbonyl (C=O) groups excluding carboxylic acids is 4. The lowest BCUT2D eigenvalue weighted by atomic mass is 9.87. The standard InChI is InChI=1S/C31H35N3O5/c1-31(2,3)25-15-11-23(12-16-25)29(37)32-26-17-13-24(14-18-26)30(38)34-33-27(35)19-20-28(36)39-21-7-10-22-8-5-4-6-9-22/h4-6,8-9,11-18H,7,10,19-21H2,1-3H3,(H,32,37)(H,33,35)(H,34,38). The summed E-state index contributed by atoms with van der Waals surface area (Å²) >= 11 is 0. The highest BCUT2D eigenvalue weighted by molar-refractivity contribution is 6.04. The molecule has 0 heterocycles. The van der Waals surface area contributed by atoms with Crippen molar-refractivity contribution in [2.45, 2.75) is 51.9 Å². The molecule has 3 aromatic rings. The number of hydrogen-bond donors (Lipinski definition) is 3. The summed E-state index contributed by atoms with van der Waals surface area (Å²) in [5, 5.41) is 2.80. The van der Waals surface area contributed by atoms with Gasteiger partial charge in [0.05, 0.1) is 13.0 Å². The Kier molecular flexibility index (Phi) is 10.4. The number of amides is 3. The number of aryl methyl sites for hydroxylation is 1. The molecule has 8 heteroatoms. The Hall–Kier alpha value is -4.46. The first-order valence-corrected chi connectivity index (χ1v) is 12.9. The number of ether oxygens (including phenoxy) is 1. The molecule has 0 bridgehead atoms. The van der Waals surface area contributed by atoms with E-state index in [0.717, 1.165) is 12.0 Å². The van der Waals surface area contributed by atoms with E-state index in [0.29, 0.717) is 23.2 Å². The smallest absolute Gasteiger partial charge is 0.306 e. The minimum absolute atomic E-state index is 0.000556. The first kappa shape index (κ1) is 29.1. The zero-order chi connectivity index (χ0) is 28.3. The van der Waals surface area contributed by atoms with Crippen LogP contribution in [0.4, 0.5) is 5.69 Å². The lowest BCUT2D eigenvalue weighted by Gasteiger charge is -2.19. The van der Waals surface area contributed by atoms with Crippen LogP contribution in [0.5, 0.6) is 0 Å². The number of nitrogens with one attached hydrogen (secondary N) is 3. The molecule has 0 aliphatic heterocycles. The third-order valence-electron chi connectivity index (χ3n) is 6.01. The van der Waals surface area contributed by atoms with Gasteiger partial charge in [0.25, 0.3) is 11.8 Å². The molecule has 0 saturated heterocycles. The molecular weight excluding hydrogens is 494 g/mol. The number of esters is 1. The van der Waals surface area contributed by atoms with Gasteiger partial charge < -0.3 is 10.1 Å². The van der Waals surface area contributed by atoms with E-state index in [1.54, 1.807) is 24.3 Å². The normalized spacial score (nSPS) is 10.8. The molecule has 39 heavy (non-hydrogen) atoms. The van der Waals surface area contributed by atoms with Crippen molar-refractivity contribution in [3.63, 3.8) is 0 Å². The predicted molar refractivity (Wildman–Crippen MR) is 150 cm³/mol. The first-order valence-electron chi connectivity index (χ1n) is 12.9. The third-order valence-corrected chi connectivity index (χ3v) is 6.01. The Bertz CT molecular complexity index is 1260. The highest BCUT2D eigenvalue weighted by Crippen LogP contribution is 2.22. The maximum Gasteiger partial charge on any atom is 0.306 e. The Morgan fingerprint density at radius 2 is 1.33 bits per heavy atom. The largest absolute Gasteiger partial charge is 0.466 e. The van der Waals surface area contributed by atoms with Crippen LogP contribution in [0.25, 0.3) is 0 Å². The van der Waals surface area contributed by atoms with Gasteiger partial charge in [0, 0.05) is 23.2 Å². The highest BCUT2D eigenvalue weighted by atomic mass is 16.5. The summed E-state index contributed by atoms with van der Waals surface area (Å²) in [7, 11) is 0. The molecule has 8 nitrogen and oxygen atoms in total. The monoisotopic (exact) mass is 529 g/mol. The topological polar surface area (TPSA) is 114 Å². The zero-order valence-electron chi connectivity index (χ0n) is 22.6. The van der Waals surface area contributed by atoms with Gasteiger partial charge in [-0.2, -0.15) is 0 Å². The molecule has 3 rings (SSSR count). The van der Waals surface area contributed by atoms with Crippen molar-refractivity contribution in [3.8, 4) is 0 Å². The van der Waals surface area contributed by atoms with Crippen molar-refractivity contribution in [1.29, 1.82) is 0 Å². The summed E-state index contributed by atoms with van der Waals surface area (Å²) in [6.07, 6.45) is 1.31. The van der Waals surface area contributed by atoms with E-state index in [1.807, 2.05) is 42.5 Å². The maximum absolute atomic E-state index is 12.5. The van der Waals surface area contributed by atoms with Crippen LogP contribution < -0.4 is 16.2 Å². The molecule has 3 N–H and O–H groups in total. The van der Waals surface area contributed by atoms with E-state index in [-0.39, 0.29) is 30.8 Å². The molecule has 0 aliphatic carbocycles. The van der Waals surface area contributed by atoms with Crippen molar-refractivity contribution < 1.29 is 23.9 Å². The molecule has 0 fully saturated rings. The summed E-state index contributed by atoms with van der Waals surface area (Å²) in [6.45, 7) is 6.61. The fourth-order valence-corrected chi connectivity index (χ4v) is 3.69. The van der Waals surface area contributed by atoms with Gasteiger partial charge in [-0.05, 0) is 65.8 Å². The zero-order valence-corrected chi connectivity index (χ0v) is 22.6. The molecule has 0 aromatic heterocycles. The van der Waals surface area contributed by atoms with Crippen LogP contribution in [0.1, 0.15) is 71.9 Å². The molecular formula is C31H35N3O5. The quantitative estimate of drug-likeness (QED) is 0.195. The molecule has 0 atom stereocenters. The van der Waals surface area contributed by atoms with Gasteiger partial charge in [-0.1, -0.05) is 63.2 Å². The van der Waals surface area contributed by atoms with Crippen molar-refractivity contribution in [1.82, 2.24) is 10.9 Å². The van der Waals surface area contributed by atoms with Gasteiger partial charge in [-0.25, -0.2) is 0 Å². The van der Waals surface area contributed by atoms with Crippen LogP contribution in [0.2, 0.25) is 0 Å². The van der Waals surface area contributed by atoms with Gasteiger partial charge >= 0.3 is 5.97 Å². The molecule has 0 aliphatic rings. The van der Waals surface area contributed by atoms with Gasteiger partial charge in [0.15, 0.2) is 0 Å². The molecule has 204 valence electrons. The number of hydrogen-bond acceptors (Lipinski definition) is 5. The molecule has 3 amide bonds. The van der Waals surface area contributed by atoms with Crippen LogP contribution in [0.15, 0.2) is 78.9 Å². The predicted octanol–water partition coefficient (Wildman–Crippen LogP) is 4.95. The molecule has 0 spiro atoms. The first-order chi connectivity index (χ1) is 18.6. The average molecular weight is 530 g/mol. The number of hydrazine groups is 1. The van der Waals surface area contributed by atoms with Crippen molar-refractivity contribution in [2.24, 2.45) is 0 Å². The SMILES string of the molecule is CC(C)(C)c1ccc(C(=O)Nc2ccc(C(=O)NNC(=O)CCC(=O)OCCCc3ccccc3)cc2)cc1. The highest BCUT2D eigenvalue weighted by Gasteiger charge is 2.15. The molecule has 3 aromatic carbocycles. The Balaban J connectivity index is 1.35. The van der Waals surface area contributed by atoms with Crippen LogP contribution in [0.3, 0.4) is 0 Å². The summed E-state index contributed by atoms with van der Waals surface area (Å²) in [6, 6.07) is 23.6. The molecule has 0 saturated carbocycles. The molecule has 0 radical (unpaired) electrons. The fourth-order valence-electron chi connectivity index (χ4n) is 3.69. The lowest BCUT2D eigenvalue weighted by Crippen LogP contribution is -2.41. The number of benzene rings is 3. The number of anilines is 1. The summed E-state index contributed by atoms with van der Waals surface area (Å²) in [5.74, 6) is -1.75. The van der Waals surface area contributed by atoms with Crippen LogP contribution in [-0.2, 0) is 26.2 Å². The van der Waals surface area contributed by atoms with E-state index in [1.165, 1.54) is 17.7 Å². The lowest BCUT2D eigenvalue weighted by molar-refractivity contribution is -0.145. The number of rotatable bonds is 10. The van der Waals surface area contributed by atoms with E-state index < -0.39 is 17.8 Å². The van der Waals surface area contributed by atoms with Crippen LogP contribution >= 0.6 is 0 Å². The average Bonchev–Trinajstić information content (AvgIpc) is 2.93. The van der Waals surface area contributed by atoms with Crippen molar-refractivity contribution in [2.75, 3.05) is 11.9 Å². The van der Waals surface area contributed by atoms with E-state index in [9.17, 15) is 19.2 Å². The summed E-state index contributed by atoms with van der Waals surface area (Å²) in [4.78, 5) is 48.7. The van der Waals surface area contributed by atoms with E-state index in [4.69, 9.17) is 4.74 Å². The summed E-state index contributed by atoms with van der Waals surface area (Å²) in [5.41, 5.74) is 8.27. The Morgan fingerprint density at radius 1 is 0.718 bits per heavy atom. The fraction of sp³-hybridized carbons (Fsp3) is 0.290. The van der Waals surface area contributed by atoms with Crippen molar-refractivity contribution in [3.05, 3.63) is 101 Å². The van der Waals surface area contributed by atoms with Gasteiger partial charge in [0.2, 0.25) is 5.91 Å². The second kappa shape index (κ2) is 13.9. The van der Waals surface area contributed by atoms with E-state index >= 15 is 0 Å². The second-order valence-electron chi connectivity index (χ2n) is 10.2. The van der Waals surface area contributed by atoms with Crippen LogP contribution in [0, 0.1) is 0 Å². The third kappa shape index (κ3) is 9.74. The second-order valence-corrected chi connectivity index (χ2v) is 10.2. The molecule has 0 unspecified atom stereocenters. The Morgan fingerprint density at radius 3 is 1.97 bits per heavy atom. The van der Waals surface area contributed by atoms with Gasteiger partial charge in [-0.3, -0.25) is 30.0 Å². The van der Waals surface area contributed by atoms with Gasteiger partial charge in [-0.15, -0.1) is 0 Å². The van der Waals surface area contributed by atoms with Crippen molar-refractivity contribution >= 4 is 29.4 Å². The van der Waals surface area contributed by atoms with Gasteiger partial charge in [0.1, 0.15) is 0 Å².